The molecule has 20 heavy (non-hydrogen) atoms. The number of unbranched alkanes of at least 4 members (excludes halogenated alkanes) is 1. The summed E-state index contributed by atoms with van der Waals surface area (Å²) in [5, 5.41) is 0. The van der Waals surface area contributed by atoms with Gasteiger partial charge in [-0.1, -0.05) is 19.8 Å². The number of fused-ring (bicyclic) bond motifs is 2. The van der Waals surface area contributed by atoms with Crippen LogP contribution in [0.3, 0.4) is 0 Å². The predicted molar refractivity (Wildman–Crippen MR) is 75.8 cm³/mol. The van der Waals surface area contributed by atoms with E-state index in [1.54, 1.807) is 0 Å². The zero-order valence-electron chi connectivity index (χ0n) is 12.1. The summed E-state index contributed by atoms with van der Waals surface area (Å²) >= 11 is 0. The maximum absolute atomic E-state index is 12.4. The summed E-state index contributed by atoms with van der Waals surface area (Å²) in [7, 11) is 1.89. The normalized spacial score (nSPS) is 20.8. The summed E-state index contributed by atoms with van der Waals surface area (Å²) in [5.74, 6) is 1.98. The second kappa shape index (κ2) is 5.35. The van der Waals surface area contributed by atoms with Crippen LogP contribution in [0.2, 0.25) is 0 Å². The van der Waals surface area contributed by atoms with Crippen LogP contribution in [0.25, 0.3) is 0 Å². The van der Waals surface area contributed by atoms with E-state index in [1.807, 2.05) is 18.0 Å². The summed E-state index contributed by atoms with van der Waals surface area (Å²) < 4.78 is 10.9. The number of carbonyl (C=O) groups excluding carboxylic acids is 1. The van der Waals surface area contributed by atoms with Gasteiger partial charge in [-0.3, -0.25) is 4.79 Å². The van der Waals surface area contributed by atoms with E-state index in [0.29, 0.717) is 13.3 Å². The Morgan fingerprint density at radius 1 is 1.25 bits per heavy atom. The van der Waals surface area contributed by atoms with Gasteiger partial charge in [-0.2, -0.15) is 0 Å². The lowest BCUT2D eigenvalue weighted by Gasteiger charge is -2.19. The van der Waals surface area contributed by atoms with Gasteiger partial charge in [0.2, 0.25) is 12.7 Å². The minimum absolute atomic E-state index is 0.0987. The molecule has 108 valence electrons. The molecule has 2 aliphatic rings. The van der Waals surface area contributed by atoms with Gasteiger partial charge in [-0.15, -0.1) is 0 Å². The van der Waals surface area contributed by atoms with Crippen LogP contribution in [0.15, 0.2) is 12.1 Å². The highest BCUT2D eigenvalue weighted by Gasteiger charge is 2.29. The molecular weight excluding hydrogens is 254 g/mol. The maximum Gasteiger partial charge on any atom is 0.231 e. The van der Waals surface area contributed by atoms with Gasteiger partial charge < -0.3 is 14.4 Å². The molecule has 1 aromatic rings. The van der Waals surface area contributed by atoms with Gasteiger partial charge in [-0.05, 0) is 36.1 Å². The molecule has 0 N–H and O–H groups in total. The molecule has 0 radical (unpaired) electrons. The Bertz CT molecular complexity index is 527. The van der Waals surface area contributed by atoms with Crippen molar-refractivity contribution in [2.24, 2.45) is 5.92 Å². The van der Waals surface area contributed by atoms with Gasteiger partial charge in [0.15, 0.2) is 11.5 Å². The molecule has 1 amide bonds. The summed E-state index contributed by atoms with van der Waals surface area (Å²) in [6.45, 7) is 3.12. The Kier molecular flexibility index (Phi) is 3.55. The summed E-state index contributed by atoms with van der Waals surface area (Å²) in [5.41, 5.74) is 2.41. The Labute approximate surface area is 119 Å². The first-order chi connectivity index (χ1) is 9.69. The number of rotatable bonds is 3. The number of carbonyl (C=O) groups is 1. The van der Waals surface area contributed by atoms with Crippen LogP contribution in [0.4, 0.5) is 0 Å². The maximum atomic E-state index is 12.4. The molecule has 4 heteroatoms. The topological polar surface area (TPSA) is 38.8 Å². The van der Waals surface area contributed by atoms with Crippen LogP contribution in [0.5, 0.6) is 11.5 Å². The molecule has 1 aromatic carbocycles. The minimum atomic E-state index is 0.0987. The molecule has 0 bridgehead atoms. The predicted octanol–water partition coefficient (Wildman–Crippen LogP) is 2.74. The fourth-order valence-electron chi connectivity index (χ4n) is 3.04. The van der Waals surface area contributed by atoms with E-state index in [2.05, 4.69) is 13.0 Å². The van der Waals surface area contributed by atoms with Crippen molar-refractivity contribution >= 4 is 5.91 Å². The quantitative estimate of drug-likeness (QED) is 0.851. The first kappa shape index (κ1) is 13.3. The molecule has 0 fully saturated rings. The van der Waals surface area contributed by atoms with E-state index < -0.39 is 0 Å². The van der Waals surface area contributed by atoms with Crippen molar-refractivity contribution in [2.45, 2.75) is 39.2 Å². The van der Waals surface area contributed by atoms with Gasteiger partial charge in [0.05, 0.1) is 0 Å². The molecule has 1 atom stereocenters. The number of hydrogen-bond acceptors (Lipinski definition) is 3. The zero-order chi connectivity index (χ0) is 14.1. The lowest BCUT2D eigenvalue weighted by molar-refractivity contribution is -0.134. The van der Waals surface area contributed by atoms with Crippen LogP contribution in [-0.4, -0.2) is 24.6 Å². The van der Waals surface area contributed by atoms with Crippen molar-refractivity contribution in [3.8, 4) is 11.5 Å². The molecule has 1 unspecified atom stereocenters. The van der Waals surface area contributed by atoms with Crippen molar-refractivity contribution in [1.82, 2.24) is 4.90 Å². The third-order valence-electron chi connectivity index (χ3n) is 4.20. The van der Waals surface area contributed by atoms with E-state index in [9.17, 15) is 4.79 Å². The van der Waals surface area contributed by atoms with Crippen LogP contribution in [0.1, 0.15) is 37.3 Å². The second-order valence-corrected chi connectivity index (χ2v) is 5.71. The molecule has 0 saturated carbocycles. The first-order valence-electron chi connectivity index (χ1n) is 7.35. The van der Waals surface area contributed by atoms with Crippen LogP contribution in [-0.2, 0) is 17.8 Å². The monoisotopic (exact) mass is 275 g/mol. The van der Waals surface area contributed by atoms with E-state index >= 15 is 0 Å². The number of amides is 1. The van der Waals surface area contributed by atoms with Gasteiger partial charge in [0.25, 0.3) is 0 Å². The van der Waals surface area contributed by atoms with Crippen molar-refractivity contribution in [2.75, 3.05) is 13.8 Å². The van der Waals surface area contributed by atoms with E-state index in [0.717, 1.165) is 37.2 Å². The molecule has 3 rings (SSSR count). The Balaban J connectivity index is 1.91. The third kappa shape index (κ3) is 2.35. The fraction of sp³-hybridized carbons (Fsp3) is 0.562. The van der Waals surface area contributed by atoms with Gasteiger partial charge >= 0.3 is 0 Å². The van der Waals surface area contributed by atoms with E-state index in [1.165, 1.54) is 11.1 Å². The molecular formula is C16H21NO3. The molecule has 4 nitrogen and oxygen atoms in total. The Hall–Kier alpha value is -1.71. The Morgan fingerprint density at radius 3 is 2.65 bits per heavy atom. The molecule has 0 saturated heterocycles. The van der Waals surface area contributed by atoms with Crippen molar-refractivity contribution < 1.29 is 14.3 Å². The summed E-state index contributed by atoms with van der Waals surface area (Å²) in [4.78, 5) is 14.3. The SMILES string of the molecule is CCCCC1Cc2cc3c(cc2CN(C)C1=O)OCO3. The van der Waals surface area contributed by atoms with Gasteiger partial charge in [0, 0.05) is 19.5 Å². The largest absolute Gasteiger partial charge is 0.454 e. The Morgan fingerprint density at radius 2 is 1.95 bits per heavy atom. The third-order valence-corrected chi connectivity index (χ3v) is 4.20. The average molecular weight is 275 g/mol. The minimum Gasteiger partial charge on any atom is -0.454 e. The molecule has 0 aromatic heterocycles. The smallest absolute Gasteiger partial charge is 0.231 e. The molecule has 0 spiro atoms. The van der Waals surface area contributed by atoms with Crippen LogP contribution >= 0.6 is 0 Å². The fourth-order valence-corrected chi connectivity index (χ4v) is 3.04. The summed E-state index contributed by atoms with van der Waals surface area (Å²) in [6, 6.07) is 4.09. The highest BCUT2D eigenvalue weighted by molar-refractivity contribution is 5.79. The van der Waals surface area contributed by atoms with E-state index in [4.69, 9.17) is 9.47 Å². The van der Waals surface area contributed by atoms with Crippen LogP contribution < -0.4 is 9.47 Å². The van der Waals surface area contributed by atoms with Gasteiger partial charge in [-0.25, -0.2) is 0 Å². The number of ether oxygens (including phenoxy) is 2. The van der Waals surface area contributed by atoms with Crippen molar-refractivity contribution in [1.29, 1.82) is 0 Å². The van der Waals surface area contributed by atoms with Crippen molar-refractivity contribution in [3.63, 3.8) is 0 Å². The number of hydrogen-bond donors (Lipinski definition) is 0. The second-order valence-electron chi connectivity index (χ2n) is 5.71. The van der Waals surface area contributed by atoms with Gasteiger partial charge in [0.1, 0.15) is 0 Å². The summed E-state index contributed by atoms with van der Waals surface area (Å²) in [6.07, 6.45) is 4.01. The van der Waals surface area contributed by atoms with Crippen molar-refractivity contribution in [3.05, 3.63) is 23.3 Å². The standard InChI is InChI=1S/C16H21NO3/c1-3-4-5-11-6-12-7-14-15(20-10-19-14)8-13(12)9-17(2)16(11)18/h7-8,11H,3-6,9-10H2,1-2H3. The van der Waals surface area contributed by atoms with Crippen LogP contribution in [0, 0.1) is 5.92 Å². The lowest BCUT2D eigenvalue weighted by Crippen LogP contribution is -2.31. The van der Waals surface area contributed by atoms with E-state index in [-0.39, 0.29) is 11.8 Å². The average Bonchev–Trinajstić information content (AvgIpc) is 2.85. The molecule has 2 heterocycles. The zero-order valence-corrected chi connectivity index (χ0v) is 12.1. The highest BCUT2D eigenvalue weighted by atomic mass is 16.7. The number of benzene rings is 1. The molecule has 2 aliphatic heterocycles. The highest BCUT2D eigenvalue weighted by Crippen LogP contribution is 2.37. The number of nitrogens with zero attached hydrogens (tertiary/aromatic N) is 1. The molecule has 0 aliphatic carbocycles. The lowest BCUT2D eigenvalue weighted by atomic mass is 9.92. The first-order valence-corrected chi connectivity index (χ1v) is 7.35.